The summed E-state index contributed by atoms with van der Waals surface area (Å²) in [6, 6.07) is 1.88. The Labute approximate surface area is 70.2 Å². The molecule has 1 aliphatic rings. The molecule has 1 aliphatic heterocycles. The highest BCUT2D eigenvalue weighted by Crippen LogP contribution is 2.11. The van der Waals surface area contributed by atoms with Crippen molar-refractivity contribution < 1.29 is 5.11 Å². The van der Waals surface area contributed by atoms with Gasteiger partial charge >= 0.3 is 0 Å². The maximum absolute atomic E-state index is 8.89. The zero-order chi connectivity index (χ0) is 9.19. The maximum Gasteiger partial charge on any atom is 0.152 e. The van der Waals surface area contributed by atoms with Crippen LogP contribution in [0.4, 0.5) is 0 Å². The molecule has 4 N–H and O–H groups in total. The van der Waals surface area contributed by atoms with Gasteiger partial charge in [0.1, 0.15) is 17.5 Å². The molecule has 5 heteroatoms. The number of hydrogen-bond donors (Lipinski definition) is 3. The van der Waals surface area contributed by atoms with Crippen molar-refractivity contribution in [2.75, 3.05) is 6.61 Å². The average Bonchev–Trinajstić information content (AvgIpc) is 2.05. The van der Waals surface area contributed by atoms with Gasteiger partial charge in [-0.25, -0.2) is 4.99 Å². The van der Waals surface area contributed by atoms with Gasteiger partial charge in [0.25, 0.3) is 0 Å². The van der Waals surface area contributed by atoms with Gasteiger partial charge in [-0.1, -0.05) is 0 Å². The van der Waals surface area contributed by atoms with Gasteiger partial charge in [-0.15, -0.1) is 0 Å². The largest absolute Gasteiger partial charge is 0.392 e. The minimum absolute atomic E-state index is 0.160. The minimum Gasteiger partial charge on any atom is -0.392 e. The van der Waals surface area contributed by atoms with Gasteiger partial charge in [0, 0.05) is 6.20 Å². The third-order valence-corrected chi connectivity index (χ3v) is 1.60. The summed E-state index contributed by atoms with van der Waals surface area (Å²) in [5.74, 6) is 0.160. The number of aliphatic hydroxyl groups excluding tert-OH is 1. The van der Waals surface area contributed by atoms with E-state index in [-0.39, 0.29) is 12.4 Å². The first-order valence-electron chi connectivity index (χ1n) is 3.46. The van der Waals surface area contributed by atoms with Crippen molar-refractivity contribution in [1.82, 2.24) is 5.32 Å². The molecule has 0 aromatic heterocycles. The summed E-state index contributed by atoms with van der Waals surface area (Å²) in [5, 5.41) is 20.2. The highest BCUT2D eigenvalue weighted by atomic mass is 16.3. The van der Waals surface area contributed by atoms with Crippen LogP contribution in [0.25, 0.3) is 0 Å². The van der Waals surface area contributed by atoms with Gasteiger partial charge in [0.05, 0.1) is 6.61 Å². The van der Waals surface area contributed by atoms with Gasteiger partial charge in [-0.05, 0) is 6.92 Å². The molecular weight excluding hydrogens is 156 g/mol. The van der Waals surface area contributed by atoms with E-state index in [0.717, 1.165) is 0 Å². The predicted molar refractivity (Wildman–Crippen MR) is 43.9 cm³/mol. The Balaban J connectivity index is 2.91. The van der Waals surface area contributed by atoms with E-state index in [1.165, 1.54) is 6.20 Å². The fourth-order valence-corrected chi connectivity index (χ4v) is 0.830. The summed E-state index contributed by atoms with van der Waals surface area (Å²) in [7, 11) is 0. The van der Waals surface area contributed by atoms with Crippen LogP contribution < -0.4 is 11.1 Å². The van der Waals surface area contributed by atoms with Crippen LogP contribution in [-0.2, 0) is 0 Å². The molecule has 0 spiro atoms. The fourth-order valence-electron chi connectivity index (χ4n) is 0.830. The van der Waals surface area contributed by atoms with E-state index >= 15 is 0 Å². The molecule has 0 aromatic rings. The fraction of sp³-hybridized carbons (Fsp3) is 0.429. The topological polar surface area (TPSA) is 94.4 Å². The third kappa shape index (κ3) is 1.38. The second kappa shape index (κ2) is 2.83. The lowest BCUT2D eigenvalue weighted by atomic mass is 10.1. The molecule has 0 radical (unpaired) electrons. The average molecular weight is 166 g/mol. The monoisotopic (exact) mass is 166 g/mol. The van der Waals surface area contributed by atoms with Gasteiger partial charge in [-0.2, -0.15) is 5.26 Å². The van der Waals surface area contributed by atoms with E-state index in [4.69, 9.17) is 16.1 Å². The molecule has 5 nitrogen and oxygen atoms in total. The summed E-state index contributed by atoms with van der Waals surface area (Å²) in [4.78, 5) is 3.93. The number of aliphatic hydroxyl groups is 1. The molecule has 0 fully saturated rings. The van der Waals surface area contributed by atoms with Crippen molar-refractivity contribution in [1.29, 1.82) is 5.26 Å². The first-order valence-corrected chi connectivity index (χ1v) is 3.46. The lowest BCUT2D eigenvalue weighted by molar-refractivity contribution is 0.193. The van der Waals surface area contributed by atoms with Crippen molar-refractivity contribution in [3.8, 4) is 6.07 Å². The van der Waals surface area contributed by atoms with Gasteiger partial charge in [0.15, 0.2) is 5.66 Å². The number of aliphatic imine (C=N–C) groups is 1. The van der Waals surface area contributed by atoms with Crippen LogP contribution in [0.15, 0.2) is 16.8 Å². The summed E-state index contributed by atoms with van der Waals surface area (Å²) in [6.07, 6.45) is 1.46. The SMILES string of the molecule is CC1(CO)N=C(N)C(C#N)=CN1. The van der Waals surface area contributed by atoms with Gasteiger partial charge in [0.2, 0.25) is 0 Å². The molecule has 0 amide bonds. The lowest BCUT2D eigenvalue weighted by Crippen LogP contribution is -2.46. The molecule has 0 bridgehead atoms. The molecule has 0 saturated carbocycles. The maximum atomic E-state index is 8.89. The van der Waals surface area contributed by atoms with Crippen molar-refractivity contribution in [2.45, 2.75) is 12.6 Å². The number of nitrogens with two attached hydrogens (primary N) is 1. The Morgan fingerprint density at radius 1 is 1.92 bits per heavy atom. The number of nitrogens with one attached hydrogen (secondary N) is 1. The first kappa shape index (κ1) is 8.56. The molecular formula is C7H10N4O. The van der Waals surface area contributed by atoms with Crippen molar-refractivity contribution in [3.05, 3.63) is 11.8 Å². The van der Waals surface area contributed by atoms with Crippen LogP contribution in [0.3, 0.4) is 0 Å². The van der Waals surface area contributed by atoms with Crippen LogP contribution in [0, 0.1) is 11.3 Å². The summed E-state index contributed by atoms with van der Waals surface area (Å²) in [6.45, 7) is 1.52. The molecule has 0 saturated heterocycles. The van der Waals surface area contributed by atoms with Crippen LogP contribution in [-0.4, -0.2) is 23.2 Å². The molecule has 0 aromatic carbocycles. The van der Waals surface area contributed by atoms with Crippen molar-refractivity contribution in [3.63, 3.8) is 0 Å². The van der Waals surface area contributed by atoms with Gasteiger partial charge < -0.3 is 16.2 Å². The molecule has 1 heterocycles. The third-order valence-electron chi connectivity index (χ3n) is 1.60. The number of rotatable bonds is 1. The number of amidine groups is 1. The molecule has 12 heavy (non-hydrogen) atoms. The number of nitriles is 1. The zero-order valence-corrected chi connectivity index (χ0v) is 6.70. The quantitative estimate of drug-likeness (QED) is 0.468. The summed E-state index contributed by atoms with van der Waals surface area (Å²) >= 11 is 0. The van der Waals surface area contributed by atoms with Gasteiger partial charge in [-0.3, -0.25) is 0 Å². The Hall–Kier alpha value is -1.54. The Morgan fingerprint density at radius 3 is 3.00 bits per heavy atom. The van der Waals surface area contributed by atoms with E-state index in [1.807, 2.05) is 6.07 Å². The Kier molecular flexibility index (Phi) is 2.02. The number of hydrogen-bond acceptors (Lipinski definition) is 5. The lowest BCUT2D eigenvalue weighted by Gasteiger charge is -2.27. The summed E-state index contributed by atoms with van der Waals surface area (Å²) in [5.41, 5.74) is 4.95. The molecule has 1 rings (SSSR count). The van der Waals surface area contributed by atoms with E-state index in [1.54, 1.807) is 6.92 Å². The first-order chi connectivity index (χ1) is 5.61. The Morgan fingerprint density at radius 2 is 2.58 bits per heavy atom. The highest BCUT2D eigenvalue weighted by molar-refractivity contribution is 6.01. The smallest absolute Gasteiger partial charge is 0.152 e. The van der Waals surface area contributed by atoms with Crippen LogP contribution in [0.5, 0.6) is 0 Å². The molecule has 64 valence electrons. The highest BCUT2D eigenvalue weighted by Gasteiger charge is 2.25. The molecule has 1 unspecified atom stereocenters. The van der Waals surface area contributed by atoms with E-state index in [0.29, 0.717) is 5.57 Å². The normalized spacial score (nSPS) is 28.1. The molecule has 0 aliphatic carbocycles. The van der Waals surface area contributed by atoms with E-state index < -0.39 is 5.66 Å². The minimum atomic E-state index is -0.787. The van der Waals surface area contributed by atoms with E-state index in [2.05, 4.69) is 10.3 Å². The second-order valence-corrected chi connectivity index (χ2v) is 2.74. The summed E-state index contributed by atoms with van der Waals surface area (Å²) < 4.78 is 0. The number of nitrogens with zero attached hydrogens (tertiary/aromatic N) is 2. The molecule has 1 atom stereocenters. The van der Waals surface area contributed by atoms with E-state index in [9.17, 15) is 0 Å². The van der Waals surface area contributed by atoms with Crippen molar-refractivity contribution >= 4 is 5.84 Å². The zero-order valence-electron chi connectivity index (χ0n) is 6.70. The predicted octanol–water partition coefficient (Wildman–Crippen LogP) is -0.937. The second-order valence-electron chi connectivity index (χ2n) is 2.74. The van der Waals surface area contributed by atoms with Crippen molar-refractivity contribution in [2.24, 2.45) is 10.7 Å². The van der Waals surface area contributed by atoms with Crippen LogP contribution >= 0.6 is 0 Å². The Bertz CT molecular complexity index is 288. The standard InChI is InChI=1S/C7H10N4O/c1-7(4-12)10-3-5(2-8)6(9)11-7/h3,10,12H,4H2,1H3,(H2,9,11). The van der Waals surface area contributed by atoms with Crippen LogP contribution in [0.1, 0.15) is 6.92 Å². The van der Waals surface area contributed by atoms with Crippen LogP contribution in [0.2, 0.25) is 0 Å².